The highest BCUT2D eigenvalue weighted by Crippen LogP contribution is 2.27. The molecule has 0 saturated heterocycles. The molecule has 0 N–H and O–H groups in total. The SMILES string of the molecule is COC(=O)COC(c1ccccc1)c1cccc(Cl)c1. The zero-order valence-corrected chi connectivity index (χ0v) is 11.8. The van der Waals surface area contributed by atoms with Crippen LogP contribution in [0.1, 0.15) is 17.2 Å². The minimum absolute atomic E-state index is 0.109. The van der Waals surface area contributed by atoms with Crippen LogP contribution in [0.5, 0.6) is 0 Å². The molecule has 1 atom stereocenters. The second-order valence-electron chi connectivity index (χ2n) is 4.23. The third-order valence-electron chi connectivity index (χ3n) is 2.85. The first kappa shape index (κ1) is 14.6. The van der Waals surface area contributed by atoms with Crippen LogP contribution in [0.25, 0.3) is 0 Å². The van der Waals surface area contributed by atoms with E-state index in [0.717, 1.165) is 11.1 Å². The van der Waals surface area contributed by atoms with E-state index in [0.29, 0.717) is 5.02 Å². The van der Waals surface area contributed by atoms with Gasteiger partial charge in [-0.2, -0.15) is 0 Å². The number of carbonyl (C=O) groups excluding carboxylic acids is 1. The molecule has 1 unspecified atom stereocenters. The van der Waals surface area contributed by atoms with Gasteiger partial charge in [0.05, 0.1) is 7.11 Å². The highest BCUT2D eigenvalue weighted by atomic mass is 35.5. The van der Waals surface area contributed by atoms with Gasteiger partial charge in [0.25, 0.3) is 0 Å². The Kier molecular flexibility index (Phi) is 5.16. The molecule has 0 heterocycles. The second-order valence-corrected chi connectivity index (χ2v) is 4.67. The lowest BCUT2D eigenvalue weighted by Gasteiger charge is -2.18. The molecule has 4 heteroatoms. The number of hydrogen-bond donors (Lipinski definition) is 0. The Morgan fingerprint density at radius 3 is 2.45 bits per heavy atom. The first-order valence-electron chi connectivity index (χ1n) is 6.19. The summed E-state index contributed by atoms with van der Waals surface area (Å²) in [6.07, 6.45) is -0.353. The lowest BCUT2D eigenvalue weighted by atomic mass is 10.0. The van der Waals surface area contributed by atoms with Gasteiger partial charge in [-0.25, -0.2) is 4.79 Å². The van der Waals surface area contributed by atoms with Crippen molar-refractivity contribution in [2.45, 2.75) is 6.10 Å². The van der Waals surface area contributed by atoms with Crippen molar-refractivity contribution in [3.8, 4) is 0 Å². The van der Waals surface area contributed by atoms with Gasteiger partial charge in [-0.1, -0.05) is 54.1 Å². The normalized spacial score (nSPS) is 11.9. The maximum atomic E-state index is 11.3. The van der Waals surface area contributed by atoms with Crippen LogP contribution in [0.2, 0.25) is 5.02 Å². The lowest BCUT2D eigenvalue weighted by molar-refractivity contribution is -0.147. The molecule has 0 fully saturated rings. The molecule has 2 aromatic carbocycles. The first-order chi connectivity index (χ1) is 9.70. The zero-order chi connectivity index (χ0) is 14.4. The Labute approximate surface area is 123 Å². The molecule has 0 aliphatic heterocycles. The molecule has 104 valence electrons. The van der Waals surface area contributed by atoms with Crippen LogP contribution in [0.4, 0.5) is 0 Å². The van der Waals surface area contributed by atoms with Crippen molar-refractivity contribution in [3.05, 3.63) is 70.7 Å². The van der Waals surface area contributed by atoms with Crippen molar-refractivity contribution in [3.63, 3.8) is 0 Å². The van der Waals surface area contributed by atoms with Crippen molar-refractivity contribution in [2.24, 2.45) is 0 Å². The van der Waals surface area contributed by atoms with Crippen molar-refractivity contribution < 1.29 is 14.3 Å². The topological polar surface area (TPSA) is 35.5 Å². The molecule has 2 rings (SSSR count). The Bertz CT molecular complexity index is 569. The van der Waals surface area contributed by atoms with E-state index in [1.54, 1.807) is 6.07 Å². The van der Waals surface area contributed by atoms with Gasteiger partial charge in [-0.05, 0) is 23.3 Å². The number of halogens is 1. The van der Waals surface area contributed by atoms with Crippen LogP contribution in [-0.2, 0) is 14.3 Å². The van der Waals surface area contributed by atoms with E-state index in [1.165, 1.54) is 7.11 Å². The maximum Gasteiger partial charge on any atom is 0.331 e. The van der Waals surface area contributed by atoms with E-state index in [-0.39, 0.29) is 12.7 Å². The molecule has 3 nitrogen and oxygen atoms in total. The zero-order valence-electron chi connectivity index (χ0n) is 11.1. The molecule has 0 saturated carbocycles. The number of benzene rings is 2. The van der Waals surface area contributed by atoms with Gasteiger partial charge in [-0.15, -0.1) is 0 Å². The fourth-order valence-corrected chi connectivity index (χ4v) is 2.09. The summed E-state index contributed by atoms with van der Waals surface area (Å²) in [5, 5.41) is 0.630. The van der Waals surface area contributed by atoms with Crippen molar-refractivity contribution in [2.75, 3.05) is 13.7 Å². The van der Waals surface area contributed by atoms with Crippen molar-refractivity contribution >= 4 is 17.6 Å². The molecule has 0 aromatic heterocycles. The first-order valence-corrected chi connectivity index (χ1v) is 6.57. The van der Waals surface area contributed by atoms with Gasteiger partial charge in [0.2, 0.25) is 0 Å². The standard InChI is InChI=1S/C16H15ClO3/c1-19-15(18)11-20-16(12-6-3-2-4-7-12)13-8-5-9-14(17)10-13/h2-10,16H,11H2,1H3. The largest absolute Gasteiger partial charge is 0.467 e. The van der Waals surface area contributed by atoms with Crippen LogP contribution in [0.3, 0.4) is 0 Å². The smallest absolute Gasteiger partial charge is 0.331 e. The summed E-state index contributed by atoms with van der Waals surface area (Å²) in [4.78, 5) is 11.3. The van der Waals surface area contributed by atoms with Gasteiger partial charge in [0, 0.05) is 5.02 Å². The quantitative estimate of drug-likeness (QED) is 0.789. The average Bonchev–Trinajstić information content (AvgIpc) is 2.48. The van der Waals surface area contributed by atoms with Gasteiger partial charge >= 0.3 is 5.97 Å². The van der Waals surface area contributed by atoms with E-state index in [4.69, 9.17) is 16.3 Å². The van der Waals surface area contributed by atoms with E-state index in [2.05, 4.69) is 4.74 Å². The molecule has 0 aliphatic carbocycles. The summed E-state index contributed by atoms with van der Waals surface area (Å²) in [6.45, 7) is -0.109. The molecule has 2 aromatic rings. The van der Waals surface area contributed by atoms with Gasteiger partial charge in [0.15, 0.2) is 0 Å². The van der Waals surface area contributed by atoms with Crippen molar-refractivity contribution in [1.82, 2.24) is 0 Å². The van der Waals surface area contributed by atoms with Crippen LogP contribution in [0.15, 0.2) is 54.6 Å². The number of esters is 1. The maximum absolute atomic E-state index is 11.3. The molecule has 20 heavy (non-hydrogen) atoms. The fraction of sp³-hybridized carbons (Fsp3) is 0.188. The predicted molar refractivity (Wildman–Crippen MR) is 77.7 cm³/mol. The number of ether oxygens (including phenoxy) is 2. The van der Waals surface area contributed by atoms with Crippen LogP contribution in [0, 0.1) is 0 Å². The Morgan fingerprint density at radius 1 is 1.10 bits per heavy atom. The average molecular weight is 291 g/mol. The van der Waals surface area contributed by atoms with Crippen LogP contribution >= 0.6 is 11.6 Å². The molecular formula is C16H15ClO3. The molecule has 0 radical (unpaired) electrons. The molecule has 0 spiro atoms. The molecule has 0 bridgehead atoms. The fourth-order valence-electron chi connectivity index (χ4n) is 1.89. The molecule has 0 aliphatic rings. The number of methoxy groups -OCH3 is 1. The minimum atomic E-state index is -0.409. The van der Waals surface area contributed by atoms with E-state index >= 15 is 0 Å². The predicted octanol–water partition coefficient (Wildman–Crippen LogP) is 3.62. The van der Waals surface area contributed by atoms with E-state index in [1.807, 2.05) is 48.5 Å². The minimum Gasteiger partial charge on any atom is -0.467 e. The Morgan fingerprint density at radius 2 is 1.80 bits per heavy atom. The number of hydrogen-bond acceptors (Lipinski definition) is 3. The van der Waals surface area contributed by atoms with Crippen LogP contribution in [-0.4, -0.2) is 19.7 Å². The molecular weight excluding hydrogens is 276 g/mol. The molecule has 0 amide bonds. The third kappa shape index (κ3) is 3.83. The summed E-state index contributed by atoms with van der Waals surface area (Å²) in [6, 6.07) is 17.1. The summed E-state index contributed by atoms with van der Waals surface area (Å²) in [5.41, 5.74) is 1.85. The lowest BCUT2D eigenvalue weighted by Crippen LogP contribution is -2.15. The second kappa shape index (κ2) is 7.08. The highest BCUT2D eigenvalue weighted by Gasteiger charge is 2.16. The number of carbonyl (C=O) groups is 1. The van der Waals surface area contributed by atoms with Crippen molar-refractivity contribution in [1.29, 1.82) is 0 Å². The van der Waals surface area contributed by atoms with Gasteiger partial charge in [0.1, 0.15) is 12.7 Å². The Balaban J connectivity index is 2.27. The summed E-state index contributed by atoms with van der Waals surface area (Å²) >= 11 is 6.02. The monoisotopic (exact) mass is 290 g/mol. The summed E-state index contributed by atoms with van der Waals surface area (Å²) < 4.78 is 10.3. The highest BCUT2D eigenvalue weighted by molar-refractivity contribution is 6.30. The van der Waals surface area contributed by atoms with Crippen LogP contribution < -0.4 is 0 Å². The van der Waals surface area contributed by atoms with E-state index < -0.39 is 5.97 Å². The third-order valence-corrected chi connectivity index (χ3v) is 3.08. The van der Waals surface area contributed by atoms with E-state index in [9.17, 15) is 4.79 Å². The number of rotatable bonds is 5. The Hall–Kier alpha value is -1.84. The van der Waals surface area contributed by atoms with Gasteiger partial charge < -0.3 is 9.47 Å². The summed E-state index contributed by atoms with van der Waals surface area (Å²) in [5.74, 6) is -0.409. The summed E-state index contributed by atoms with van der Waals surface area (Å²) in [7, 11) is 1.34. The van der Waals surface area contributed by atoms with Gasteiger partial charge in [-0.3, -0.25) is 0 Å².